The Labute approximate surface area is 178 Å². The number of benzene rings is 2. The van der Waals surface area contributed by atoms with Crippen molar-refractivity contribution in [1.29, 1.82) is 0 Å². The van der Waals surface area contributed by atoms with Gasteiger partial charge in [-0.25, -0.2) is 8.78 Å². The van der Waals surface area contributed by atoms with Gasteiger partial charge in [-0.3, -0.25) is 0 Å². The molecule has 0 saturated carbocycles. The molecule has 0 aliphatic carbocycles. The van der Waals surface area contributed by atoms with E-state index in [4.69, 9.17) is 0 Å². The van der Waals surface area contributed by atoms with E-state index in [1.807, 2.05) is 19.1 Å². The summed E-state index contributed by atoms with van der Waals surface area (Å²) in [5.74, 6) is -0.306. The molecule has 2 aromatic rings. The monoisotopic (exact) mass is 688 g/mol. The standard InChI is InChI=1S/C7H3Br4F.C7H5Br2F/c1-2-3(8)5(10)7(12)6(11)4(2)9;8-6-3-1-2-5(4-10)7(6)9/h1H3;1-3H,4H2. The Morgan fingerprint density at radius 3 is 1.73 bits per heavy atom. The third-order valence-electron chi connectivity index (χ3n) is 2.60. The van der Waals surface area contributed by atoms with Gasteiger partial charge in [0.05, 0.1) is 8.95 Å². The summed E-state index contributed by atoms with van der Waals surface area (Å²) in [6.45, 7) is 1.46. The lowest BCUT2D eigenvalue weighted by Crippen LogP contribution is -1.88. The maximum atomic E-state index is 13.3. The number of halogens is 8. The van der Waals surface area contributed by atoms with E-state index in [1.165, 1.54) is 0 Å². The van der Waals surface area contributed by atoms with Crippen LogP contribution in [0.1, 0.15) is 11.1 Å². The molecule has 0 atom stereocenters. The maximum absolute atomic E-state index is 13.3. The van der Waals surface area contributed by atoms with Gasteiger partial charge in [-0.2, -0.15) is 0 Å². The van der Waals surface area contributed by atoms with Crippen molar-refractivity contribution in [2.45, 2.75) is 13.6 Å². The van der Waals surface area contributed by atoms with Crippen molar-refractivity contribution in [3.8, 4) is 0 Å². The van der Waals surface area contributed by atoms with E-state index >= 15 is 0 Å². The Hall–Kier alpha value is 1.18. The van der Waals surface area contributed by atoms with E-state index < -0.39 is 6.67 Å². The van der Waals surface area contributed by atoms with E-state index in [1.54, 1.807) is 6.07 Å². The zero-order valence-electron chi connectivity index (χ0n) is 11.0. The normalized spacial score (nSPS) is 10.2. The highest BCUT2D eigenvalue weighted by molar-refractivity contribution is 9.14. The van der Waals surface area contributed by atoms with Crippen LogP contribution < -0.4 is 0 Å². The molecular weight excluding hydrogens is 686 g/mol. The molecule has 0 aromatic heterocycles. The predicted octanol–water partition coefficient (Wildman–Crippen LogP) is 8.87. The summed E-state index contributed by atoms with van der Waals surface area (Å²) in [6, 6.07) is 5.42. The van der Waals surface area contributed by atoms with Crippen molar-refractivity contribution in [2.24, 2.45) is 0 Å². The first-order valence-corrected chi connectivity index (χ1v) is 10.4. The zero-order chi connectivity index (χ0) is 17.0. The summed E-state index contributed by atoms with van der Waals surface area (Å²) < 4.78 is 29.4. The van der Waals surface area contributed by atoms with Crippen molar-refractivity contribution < 1.29 is 8.78 Å². The largest absolute Gasteiger partial charge is 0.246 e. The van der Waals surface area contributed by atoms with Gasteiger partial charge < -0.3 is 0 Å². The Morgan fingerprint density at radius 1 is 0.818 bits per heavy atom. The Kier molecular flexibility index (Phi) is 9.27. The van der Waals surface area contributed by atoms with Gasteiger partial charge in [0.2, 0.25) is 0 Å². The van der Waals surface area contributed by atoms with Crippen molar-refractivity contribution >= 4 is 95.6 Å². The molecular formula is C14H8Br6F2. The first-order valence-electron chi connectivity index (χ1n) is 5.69. The lowest BCUT2D eigenvalue weighted by molar-refractivity contribution is 0.484. The zero-order valence-corrected chi connectivity index (χ0v) is 20.5. The third-order valence-corrected chi connectivity index (χ3v) is 9.27. The van der Waals surface area contributed by atoms with Crippen LogP contribution in [-0.4, -0.2) is 0 Å². The van der Waals surface area contributed by atoms with Crippen LogP contribution in [0, 0.1) is 12.7 Å². The minimum atomic E-state index is -0.431. The second-order valence-electron chi connectivity index (χ2n) is 4.04. The molecule has 120 valence electrons. The Balaban J connectivity index is 0.000000224. The molecule has 0 bridgehead atoms. The van der Waals surface area contributed by atoms with Crippen LogP contribution >= 0.6 is 95.6 Å². The molecule has 8 heteroatoms. The van der Waals surface area contributed by atoms with Crippen LogP contribution in [-0.2, 0) is 6.67 Å². The van der Waals surface area contributed by atoms with Gasteiger partial charge in [-0.05, 0) is 120 Å². The highest BCUT2D eigenvalue weighted by Gasteiger charge is 2.15. The van der Waals surface area contributed by atoms with E-state index in [9.17, 15) is 8.78 Å². The van der Waals surface area contributed by atoms with Gasteiger partial charge in [0.1, 0.15) is 6.67 Å². The van der Waals surface area contributed by atoms with Crippen molar-refractivity contribution in [3.05, 3.63) is 62.0 Å². The molecule has 0 spiro atoms. The van der Waals surface area contributed by atoms with Crippen LogP contribution in [0.2, 0.25) is 0 Å². The molecule has 0 amide bonds. The lowest BCUT2D eigenvalue weighted by atomic mass is 10.2. The quantitative estimate of drug-likeness (QED) is 0.207. The fraction of sp³-hybridized carbons (Fsp3) is 0.143. The minimum absolute atomic E-state index is 0.306. The van der Waals surface area contributed by atoms with Crippen molar-refractivity contribution in [2.75, 3.05) is 0 Å². The van der Waals surface area contributed by atoms with Gasteiger partial charge in [-0.1, -0.05) is 12.1 Å². The molecule has 22 heavy (non-hydrogen) atoms. The van der Waals surface area contributed by atoms with Gasteiger partial charge in [0.25, 0.3) is 0 Å². The number of rotatable bonds is 1. The molecule has 0 radical (unpaired) electrons. The summed E-state index contributed by atoms with van der Waals surface area (Å²) in [5.41, 5.74) is 1.63. The first-order chi connectivity index (χ1) is 10.2. The molecule has 0 saturated heterocycles. The van der Waals surface area contributed by atoms with Crippen molar-refractivity contribution in [3.63, 3.8) is 0 Å². The summed E-state index contributed by atoms with van der Waals surface area (Å²) >= 11 is 19.4. The number of hydrogen-bond donors (Lipinski definition) is 0. The number of alkyl halides is 1. The van der Waals surface area contributed by atoms with Crippen molar-refractivity contribution in [1.82, 2.24) is 0 Å². The molecule has 0 aliphatic rings. The third kappa shape index (κ3) is 5.09. The molecule has 0 aliphatic heterocycles. The Morgan fingerprint density at radius 2 is 1.32 bits per heavy atom. The minimum Gasteiger partial charge on any atom is -0.246 e. The second-order valence-corrected chi connectivity index (χ2v) is 8.86. The average Bonchev–Trinajstić information content (AvgIpc) is 2.52. The molecule has 0 nitrogen and oxygen atoms in total. The number of hydrogen-bond acceptors (Lipinski definition) is 0. The van der Waals surface area contributed by atoms with Gasteiger partial charge in [-0.15, -0.1) is 0 Å². The van der Waals surface area contributed by atoms with Crippen LogP contribution in [0.3, 0.4) is 0 Å². The van der Waals surface area contributed by atoms with E-state index in [0.717, 1.165) is 23.5 Å². The smallest absolute Gasteiger partial charge is 0.153 e. The molecule has 2 aromatic carbocycles. The molecule has 2 rings (SSSR count). The Bertz CT molecular complexity index is 583. The highest BCUT2D eigenvalue weighted by Crippen LogP contribution is 2.39. The molecule has 0 heterocycles. The van der Waals surface area contributed by atoms with Crippen LogP contribution in [0.5, 0.6) is 0 Å². The fourth-order valence-corrected chi connectivity index (χ4v) is 4.41. The molecule has 0 unspecified atom stereocenters. The second kappa shape index (κ2) is 9.61. The molecule has 0 N–H and O–H groups in total. The van der Waals surface area contributed by atoms with Gasteiger partial charge >= 0.3 is 0 Å². The van der Waals surface area contributed by atoms with Gasteiger partial charge in [0, 0.05) is 17.9 Å². The van der Waals surface area contributed by atoms with E-state index in [2.05, 4.69) is 95.6 Å². The van der Waals surface area contributed by atoms with E-state index in [-0.39, 0.29) is 5.82 Å². The van der Waals surface area contributed by atoms with Gasteiger partial charge in [0.15, 0.2) is 5.82 Å². The van der Waals surface area contributed by atoms with Crippen LogP contribution in [0.25, 0.3) is 0 Å². The summed E-state index contributed by atoms with van der Waals surface area (Å²) in [6.07, 6.45) is 0. The lowest BCUT2D eigenvalue weighted by Gasteiger charge is -2.07. The topological polar surface area (TPSA) is 0 Å². The van der Waals surface area contributed by atoms with Crippen LogP contribution in [0.15, 0.2) is 45.0 Å². The highest BCUT2D eigenvalue weighted by atomic mass is 79.9. The van der Waals surface area contributed by atoms with Crippen LogP contribution in [0.4, 0.5) is 8.78 Å². The first kappa shape index (κ1) is 21.2. The molecule has 0 fully saturated rings. The maximum Gasteiger partial charge on any atom is 0.153 e. The van der Waals surface area contributed by atoms with E-state index in [0.29, 0.717) is 14.5 Å². The predicted molar refractivity (Wildman–Crippen MR) is 109 cm³/mol. The summed E-state index contributed by atoms with van der Waals surface area (Å²) in [4.78, 5) is 0. The summed E-state index contributed by atoms with van der Waals surface area (Å²) in [7, 11) is 0. The average molecular weight is 694 g/mol. The summed E-state index contributed by atoms with van der Waals surface area (Å²) in [5, 5.41) is 0. The fourth-order valence-electron chi connectivity index (χ4n) is 1.37. The SMILES string of the molecule is Cc1c(Br)c(Br)c(F)c(Br)c1Br.FCc1cccc(Br)c1Br.